The van der Waals surface area contributed by atoms with E-state index < -0.39 is 11.0 Å². The molecule has 1 aliphatic rings. The van der Waals surface area contributed by atoms with E-state index in [9.17, 15) is 14.9 Å². The molecule has 0 saturated carbocycles. The standard InChI is InChI=1S/C12H12N4O3/c13-5-1-2-6-15-10-4-3-8(16(18)19)7-9(10)11(14)12(15)17/h3-4,7,11H,1-2,6,14H2. The molecule has 0 fully saturated rings. The molecule has 1 heterocycles. The Bertz CT molecular complexity index is 579. The molecule has 7 heteroatoms. The van der Waals surface area contributed by atoms with Gasteiger partial charge in [0.15, 0.2) is 0 Å². The maximum absolute atomic E-state index is 12.0. The van der Waals surface area contributed by atoms with Crippen LogP contribution in [-0.4, -0.2) is 17.4 Å². The van der Waals surface area contributed by atoms with Crippen LogP contribution in [-0.2, 0) is 4.79 Å². The molecule has 0 bridgehead atoms. The third kappa shape index (κ3) is 2.26. The van der Waals surface area contributed by atoms with Gasteiger partial charge in [0.2, 0.25) is 5.91 Å². The monoisotopic (exact) mass is 260 g/mol. The Morgan fingerprint density at radius 1 is 1.53 bits per heavy atom. The highest BCUT2D eigenvalue weighted by Gasteiger charge is 2.35. The van der Waals surface area contributed by atoms with Gasteiger partial charge >= 0.3 is 0 Å². The molecule has 1 unspecified atom stereocenters. The summed E-state index contributed by atoms with van der Waals surface area (Å²) in [5.74, 6) is -0.284. The van der Waals surface area contributed by atoms with Gasteiger partial charge in [-0.05, 0) is 12.5 Å². The Labute approximate surface area is 109 Å². The maximum Gasteiger partial charge on any atom is 0.269 e. The first-order valence-corrected chi connectivity index (χ1v) is 5.78. The number of nitrogens with zero attached hydrogens (tertiary/aromatic N) is 3. The predicted molar refractivity (Wildman–Crippen MR) is 67.2 cm³/mol. The minimum Gasteiger partial charge on any atom is -0.316 e. The fourth-order valence-corrected chi connectivity index (χ4v) is 2.12. The molecule has 1 aromatic carbocycles. The largest absolute Gasteiger partial charge is 0.316 e. The number of nitro benzene ring substituents is 1. The Morgan fingerprint density at radius 2 is 2.26 bits per heavy atom. The molecule has 0 aliphatic carbocycles. The van der Waals surface area contributed by atoms with Gasteiger partial charge in [-0.25, -0.2) is 0 Å². The number of hydrogen-bond acceptors (Lipinski definition) is 5. The topological polar surface area (TPSA) is 113 Å². The summed E-state index contributed by atoms with van der Waals surface area (Å²) >= 11 is 0. The minimum absolute atomic E-state index is 0.0825. The molecule has 98 valence electrons. The van der Waals surface area contributed by atoms with Gasteiger partial charge in [-0.15, -0.1) is 0 Å². The molecule has 2 N–H and O–H groups in total. The van der Waals surface area contributed by atoms with Crippen molar-refractivity contribution in [2.75, 3.05) is 11.4 Å². The van der Waals surface area contributed by atoms with Crippen molar-refractivity contribution in [3.05, 3.63) is 33.9 Å². The highest BCUT2D eigenvalue weighted by atomic mass is 16.6. The van der Waals surface area contributed by atoms with Crippen molar-refractivity contribution >= 4 is 17.3 Å². The number of unbranched alkanes of at least 4 members (excludes halogenated alkanes) is 1. The lowest BCUT2D eigenvalue weighted by Gasteiger charge is -2.16. The summed E-state index contributed by atoms with van der Waals surface area (Å²) in [7, 11) is 0. The second kappa shape index (κ2) is 5.04. The van der Waals surface area contributed by atoms with Crippen LogP contribution in [0.5, 0.6) is 0 Å². The molecule has 1 aliphatic heterocycles. The zero-order chi connectivity index (χ0) is 14.0. The number of non-ortho nitro benzene ring substituents is 1. The van der Waals surface area contributed by atoms with Gasteiger partial charge in [-0.1, -0.05) is 0 Å². The van der Waals surface area contributed by atoms with Crippen LogP contribution in [0, 0.1) is 21.4 Å². The Balaban J connectivity index is 2.31. The second-order valence-corrected chi connectivity index (χ2v) is 4.23. The smallest absolute Gasteiger partial charge is 0.269 e. The molecular weight excluding hydrogens is 248 g/mol. The molecule has 0 radical (unpaired) electrons. The molecule has 1 atom stereocenters. The van der Waals surface area contributed by atoms with Crippen molar-refractivity contribution in [1.29, 1.82) is 5.26 Å². The zero-order valence-corrected chi connectivity index (χ0v) is 10.1. The summed E-state index contributed by atoms with van der Waals surface area (Å²) in [4.78, 5) is 23.7. The first kappa shape index (κ1) is 13.0. The number of amides is 1. The van der Waals surface area contributed by atoms with Crippen molar-refractivity contribution in [2.24, 2.45) is 5.73 Å². The summed E-state index contributed by atoms with van der Waals surface area (Å²) in [6, 6.07) is 5.36. The second-order valence-electron chi connectivity index (χ2n) is 4.23. The number of anilines is 1. The van der Waals surface area contributed by atoms with Crippen LogP contribution in [0.1, 0.15) is 24.4 Å². The average molecular weight is 260 g/mol. The van der Waals surface area contributed by atoms with Gasteiger partial charge in [0.25, 0.3) is 5.69 Å². The number of fused-ring (bicyclic) bond motifs is 1. The van der Waals surface area contributed by atoms with Crippen molar-refractivity contribution in [3.8, 4) is 6.07 Å². The molecule has 1 amide bonds. The highest BCUT2D eigenvalue weighted by Crippen LogP contribution is 2.36. The molecule has 7 nitrogen and oxygen atoms in total. The van der Waals surface area contributed by atoms with E-state index in [1.807, 2.05) is 6.07 Å². The van der Waals surface area contributed by atoms with Gasteiger partial charge in [0, 0.05) is 36.3 Å². The molecule has 2 rings (SSSR count). The lowest BCUT2D eigenvalue weighted by atomic mass is 10.1. The van der Waals surface area contributed by atoms with Gasteiger partial charge < -0.3 is 10.6 Å². The first-order chi connectivity index (χ1) is 9.06. The van der Waals surface area contributed by atoms with Gasteiger partial charge in [0.1, 0.15) is 6.04 Å². The quantitative estimate of drug-likeness (QED) is 0.497. The van der Waals surface area contributed by atoms with Gasteiger partial charge in [-0.2, -0.15) is 5.26 Å². The van der Waals surface area contributed by atoms with Crippen LogP contribution in [0.4, 0.5) is 11.4 Å². The number of hydrogen-bond donors (Lipinski definition) is 1. The fourth-order valence-electron chi connectivity index (χ4n) is 2.12. The number of carbonyl (C=O) groups excluding carboxylic acids is 1. The Morgan fingerprint density at radius 3 is 2.89 bits per heavy atom. The van der Waals surface area contributed by atoms with Crippen LogP contribution in [0.25, 0.3) is 0 Å². The number of nitriles is 1. The van der Waals surface area contributed by atoms with Crippen LogP contribution >= 0.6 is 0 Å². The zero-order valence-electron chi connectivity index (χ0n) is 10.1. The third-order valence-electron chi connectivity index (χ3n) is 3.05. The molecular formula is C12H12N4O3. The van der Waals surface area contributed by atoms with E-state index in [2.05, 4.69) is 0 Å². The summed E-state index contributed by atoms with van der Waals surface area (Å²) in [6.07, 6.45) is 0.896. The number of nitrogens with two attached hydrogens (primary N) is 1. The minimum atomic E-state index is -0.864. The average Bonchev–Trinajstić information content (AvgIpc) is 2.63. The first-order valence-electron chi connectivity index (χ1n) is 5.78. The van der Waals surface area contributed by atoms with E-state index >= 15 is 0 Å². The summed E-state index contributed by atoms with van der Waals surface area (Å²) in [5, 5.41) is 19.2. The number of benzene rings is 1. The summed E-state index contributed by atoms with van der Waals surface area (Å²) in [6.45, 7) is 0.394. The van der Waals surface area contributed by atoms with E-state index in [0.717, 1.165) is 0 Å². The van der Waals surface area contributed by atoms with Gasteiger partial charge in [-0.3, -0.25) is 14.9 Å². The number of carbonyl (C=O) groups is 1. The van der Waals surface area contributed by atoms with Gasteiger partial charge in [0.05, 0.1) is 11.0 Å². The van der Waals surface area contributed by atoms with Crippen LogP contribution in [0.2, 0.25) is 0 Å². The molecule has 0 spiro atoms. The lowest BCUT2D eigenvalue weighted by Crippen LogP contribution is -2.32. The van der Waals surface area contributed by atoms with Crippen molar-refractivity contribution < 1.29 is 9.72 Å². The summed E-state index contributed by atoms with van der Waals surface area (Å²) in [5.41, 5.74) is 6.76. The molecule has 0 aromatic heterocycles. The van der Waals surface area contributed by atoms with E-state index in [0.29, 0.717) is 30.6 Å². The molecule has 1 aromatic rings. The van der Waals surface area contributed by atoms with Crippen LogP contribution < -0.4 is 10.6 Å². The fraction of sp³-hybridized carbons (Fsp3) is 0.333. The Kier molecular flexibility index (Phi) is 3.44. The van der Waals surface area contributed by atoms with Crippen molar-refractivity contribution in [3.63, 3.8) is 0 Å². The van der Waals surface area contributed by atoms with E-state index in [4.69, 9.17) is 11.0 Å². The lowest BCUT2D eigenvalue weighted by molar-refractivity contribution is -0.384. The predicted octanol–water partition coefficient (Wildman–Crippen LogP) is 1.24. The highest BCUT2D eigenvalue weighted by molar-refractivity contribution is 6.04. The van der Waals surface area contributed by atoms with E-state index in [1.165, 1.54) is 23.1 Å². The van der Waals surface area contributed by atoms with E-state index in [1.54, 1.807) is 0 Å². The third-order valence-corrected chi connectivity index (χ3v) is 3.05. The number of rotatable bonds is 4. The Hall–Kier alpha value is -2.46. The van der Waals surface area contributed by atoms with Crippen molar-refractivity contribution in [1.82, 2.24) is 0 Å². The van der Waals surface area contributed by atoms with Crippen LogP contribution in [0.15, 0.2) is 18.2 Å². The maximum atomic E-state index is 12.0. The summed E-state index contributed by atoms with van der Waals surface area (Å²) < 4.78 is 0. The SMILES string of the molecule is N#CCCCN1C(=O)C(N)c2cc([N+](=O)[O-])ccc21. The normalized spacial score (nSPS) is 17.2. The van der Waals surface area contributed by atoms with Crippen molar-refractivity contribution in [2.45, 2.75) is 18.9 Å². The molecule has 0 saturated heterocycles. The molecule has 19 heavy (non-hydrogen) atoms. The van der Waals surface area contributed by atoms with Crippen LogP contribution in [0.3, 0.4) is 0 Å². The number of nitro groups is 1. The van der Waals surface area contributed by atoms with E-state index in [-0.39, 0.29) is 11.6 Å².